The topological polar surface area (TPSA) is 79.3 Å². The maximum atomic E-state index is 11.3. The van der Waals surface area contributed by atoms with E-state index in [0.717, 1.165) is 10.8 Å². The zero-order valence-corrected chi connectivity index (χ0v) is 11.1. The van der Waals surface area contributed by atoms with Crippen molar-refractivity contribution in [3.05, 3.63) is 16.1 Å². The molecule has 0 spiro atoms. The molecule has 94 valence electrons. The molecular formula is C10H14N2O3S2. The Bertz CT molecular complexity index is 393. The fourth-order valence-electron chi connectivity index (χ4n) is 1.12. The molecule has 1 amide bonds. The third-order valence-corrected chi connectivity index (χ3v) is 3.49. The van der Waals surface area contributed by atoms with Gasteiger partial charge in [0.25, 0.3) is 0 Å². The summed E-state index contributed by atoms with van der Waals surface area (Å²) < 4.78 is 0. The highest BCUT2D eigenvalue weighted by Gasteiger charge is 2.08. The molecular weight excluding hydrogens is 260 g/mol. The van der Waals surface area contributed by atoms with Gasteiger partial charge in [-0.25, -0.2) is 9.78 Å². The second-order valence-electron chi connectivity index (χ2n) is 3.27. The summed E-state index contributed by atoms with van der Waals surface area (Å²) in [4.78, 5) is 25.8. The summed E-state index contributed by atoms with van der Waals surface area (Å²) in [6.45, 7) is 0.500. The molecule has 0 aliphatic rings. The lowest BCUT2D eigenvalue weighted by Gasteiger charge is -2.02. The minimum absolute atomic E-state index is 0.0226. The fourth-order valence-corrected chi connectivity index (χ4v) is 2.28. The van der Waals surface area contributed by atoms with Gasteiger partial charge in [-0.1, -0.05) is 0 Å². The van der Waals surface area contributed by atoms with E-state index < -0.39 is 5.97 Å². The molecule has 0 saturated heterocycles. The lowest BCUT2D eigenvalue weighted by molar-refractivity contribution is -0.120. The van der Waals surface area contributed by atoms with Crippen LogP contribution in [0.4, 0.5) is 0 Å². The van der Waals surface area contributed by atoms with Gasteiger partial charge in [0, 0.05) is 30.5 Å². The third kappa shape index (κ3) is 5.18. The van der Waals surface area contributed by atoms with E-state index in [4.69, 9.17) is 5.11 Å². The van der Waals surface area contributed by atoms with E-state index in [1.54, 1.807) is 11.8 Å². The normalized spacial score (nSPS) is 10.2. The van der Waals surface area contributed by atoms with Crippen molar-refractivity contribution < 1.29 is 14.7 Å². The second kappa shape index (κ2) is 7.29. The zero-order valence-electron chi connectivity index (χ0n) is 9.43. The van der Waals surface area contributed by atoms with Gasteiger partial charge in [0.05, 0.1) is 5.01 Å². The van der Waals surface area contributed by atoms with E-state index in [1.165, 1.54) is 16.7 Å². The van der Waals surface area contributed by atoms with Crippen molar-refractivity contribution in [3.8, 4) is 0 Å². The lowest BCUT2D eigenvalue weighted by Crippen LogP contribution is -2.25. The van der Waals surface area contributed by atoms with E-state index in [0.29, 0.717) is 19.4 Å². The highest BCUT2D eigenvalue weighted by Crippen LogP contribution is 2.09. The van der Waals surface area contributed by atoms with Gasteiger partial charge in [0.1, 0.15) is 0 Å². The predicted molar refractivity (Wildman–Crippen MR) is 68.8 cm³/mol. The molecule has 0 aromatic carbocycles. The average molecular weight is 274 g/mol. The van der Waals surface area contributed by atoms with Crippen LogP contribution in [0.15, 0.2) is 5.38 Å². The summed E-state index contributed by atoms with van der Waals surface area (Å²) in [5, 5.41) is 13.7. The molecule has 0 unspecified atom stereocenters. The van der Waals surface area contributed by atoms with Crippen LogP contribution in [-0.4, -0.2) is 40.5 Å². The molecule has 0 saturated carbocycles. The van der Waals surface area contributed by atoms with Gasteiger partial charge in [-0.2, -0.15) is 11.8 Å². The molecule has 0 bridgehead atoms. The van der Waals surface area contributed by atoms with Crippen LogP contribution in [0.25, 0.3) is 0 Å². The van der Waals surface area contributed by atoms with Crippen molar-refractivity contribution in [1.29, 1.82) is 0 Å². The van der Waals surface area contributed by atoms with Crippen molar-refractivity contribution in [2.24, 2.45) is 0 Å². The smallest absolute Gasteiger partial charge is 0.355 e. The number of carboxylic acid groups (broad SMARTS) is 1. The Hall–Kier alpha value is -1.08. The number of thiazole rings is 1. The van der Waals surface area contributed by atoms with Gasteiger partial charge in [0.15, 0.2) is 5.69 Å². The third-order valence-electron chi connectivity index (χ3n) is 1.97. The molecule has 1 aromatic heterocycles. The minimum Gasteiger partial charge on any atom is -0.476 e. The van der Waals surface area contributed by atoms with Crippen molar-refractivity contribution in [3.63, 3.8) is 0 Å². The van der Waals surface area contributed by atoms with Gasteiger partial charge < -0.3 is 10.4 Å². The molecule has 5 nitrogen and oxygen atoms in total. The number of nitrogens with one attached hydrogen (secondary N) is 1. The lowest BCUT2D eigenvalue weighted by atomic mass is 10.4. The number of aromatic carboxylic acids is 1. The highest BCUT2D eigenvalue weighted by atomic mass is 32.2. The van der Waals surface area contributed by atoms with Crippen LogP contribution in [-0.2, 0) is 11.2 Å². The molecule has 0 fully saturated rings. The number of carboxylic acids is 1. The van der Waals surface area contributed by atoms with E-state index in [1.807, 2.05) is 6.26 Å². The first-order chi connectivity index (χ1) is 8.13. The van der Waals surface area contributed by atoms with Gasteiger partial charge >= 0.3 is 5.97 Å². The molecule has 17 heavy (non-hydrogen) atoms. The molecule has 2 N–H and O–H groups in total. The number of carbonyl (C=O) groups excluding carboxylic acids is 1. The van der Waals surface area contributed by atoms with Gasteiger partial charge in [-0.15, -0.1) is 11.3 Å². The Morgan fingerprint density at radius 2 is 2.35 bits per heavy atom. The Kier molecular flexibility index (Phi) is 5.99. The number of carbonyl (C=O) groups is 2. The van der Waals surface area contributed by atoms with Crippen molar-refractivity contribution in [1.82, 2.24) is 10.3 Å². The average Bonchev–Trinajstić information content (AvgIpc) is 2.75. The first-order valence-corrected chi connectivity index (χ1v) is 7.34. The van der Waals surface area contributed by atoms with E-state index >= 15 is 0 Å². The van der Waals surface area contributed by atoms with Crippen molar-refractivity contribution in [2.45, 2.75) is 12.8 Å². The SMILES string of the molecule is CSCCC(=O)NCCc1nc(C(=O)O)cs1. The summed E-state index contributed by atoms with van der Waals surface area (Å²) >= 11 is 2.93. The number of nitrogens with zero attached hydrogens (tertiary/aromatic N) is 1. The summed E-state index contributed by atoms with van der Waals surface area (Å²) in [7, 11) is 0. The maximum Gasteiger partial charge on any atom is 0.355 e. The Labute approximate surface area is 108 Å². The van der Waals surface area contributed by atoms with Crippen LogP contribution >= 0.6 is 23.1 Å². The summed E-state index contributed by atoms with van der Waals surface area (Å²) in [5.74, 6) is -0.183. The van der Waals surface area contributed by atoms with Gasteiger partial charge in [-0.3, -0.25) is 4.79 Å². The van der Waals surface area contributed by atoms with Crippen molar-refractivity contribution >= 4 is 35.0 Å². The predicted octanol–water partition coefficient (Wildman–Crippen LogP) is 1.25. The first kappa shape index (κ1) is 14.0. The summed E-state index contributed by atoms with van der Waals surface area (Å²) in [6.07, 6.45) is 3.04. The van der Waals surface area contributed by atoms with Crippen molar-refractivity contribution in [2.75, 3.05) is 18.6 Å². The van der Waals surface area contributed by atoms with Gasteiger partial charge in [0.2, 0.25) is 5.91 Å². The highest BCUT2D eigenvalue weighted by molar-refractivity contribution is 7.98. The summed E-state index contributed by atoms with van der Waals surface area (Å²) in [6, 6.07) is 0. The Morgan fingerprint density at radius 3 is 2.94 bits per heavy atom. The number of aromatic nitrogens is 1. The molecule has 0 aliphatic carbocycles. The van der Waals surface area contributed by atoms with E-state index in [-0.39, 0.29) is 11.6 Å². The molecule has 7 heteroatoms. The number of amides is 1. The van der Waals surface area contributed by atoms with Crippen LogP contribution in [0, 0.1) is 0 Å². The monoisotopic (exact) mass is 274 g/mol. The van der Waals surface area contributed by atoms with E-state index in [9.17, 15) is 9.59 Å². The van der Waals surface area contributed by atoms with E-state index in [2.05, 4.69) is 10.3 Å². The fraction of sp³-hybridized carbons (Fsp3) is 0.500. The Balaban J connectivity index is 2.26. The molecule has 1 rings (SSSR count). The zero-order chi connectivity index (χ0) is 12.7. The minimum atomic E-state index is -1.02. The second-order valence-corrected chi connectivity index (χ2v) is 5.20. The number of thioether (sulfide) groups is 1. The quantitative estimate of drug-likeness (QED) is 0.782. The largest absolute Gasteiger partial charge is 0.476 e. The van der Waals surface area contributed by atoms with Crippen LogP contribution in [0.1, 0.15) is 21.9 Å². The Morgan fingerprint density at radius 1 is 1.59 bits per heavy atom. The van der Waals surface area contributed by atoms with Crippen LogP contribution in [0.3, 0.4) is 0 Å². The standard InChI is InChI=1S/C10H14N2O3S2/c1-16-5-3-8(13)11-4-2-9-12-7(6-17-9)10(14)15/h6H,2-5H2,1H3,(H,11,13)(H,14,15). The molecule has 0 atom stereocenters. The molecule has 1 heterocycles. The molecule has 0 radical (unpaired) electrons. The van der Waals surface area contributed by atoms with Crippen LogP contribution in [0.5, 0.6) is 0 Å². The number of hydrogen-bond acceptors (Lipinski definition) is 5. The van der Waals surface area contributed by atoms with Crippen LogP contribution in [0.2, 0.25) is 0 Å². The van der Waals surface area contributed by atoms with Gasteiger partial charge in [-0.05, 0) is 6.26 Å². The summed E-state index contributed by atoms with van der Waals surface area (Å²) in [5.41, 5.74) is 0.0682. The van der Waals surface area contributed by atoms with Crippen LogP contribution < -0.4 is 5.32 Å². The first-order valence-electron chi connectivity index (χ1n) is 5.07. The maximum absolute atomic E-state index is 11.3. The number of hydrogen-bond donors (Lipinski definition) is 2. The molecule has 0 aliphatic heterocycles. The molecule has 1 aromatic rings. The number of rotatable bonds is 7.